The van der Waals surface area contributed by atoms with Gasteiger partial charge in [-0.1, -0.05) is 28.4 Å². The Morgan fingerprint density at radius 1 is 1.45 bits per heavy atom. The van der Waals surface area contributed by atoms with Crippen molar-refractivity contribution in [3.05, 3.63) is 40.3 Å². The molecule has 2 rings (SSSR count). The van der Waals surface area contributed by atoms with Gasteiger partial charge in [-0.2, -0.15) is 0 Å². The van der Waals surface area contributed by atoms with Crippen molar-refractivity contribution in [1.82, 2.24) is 5.06 Å². The fraction of sp³-hybridized carbons (Fsp3) is 0.182. The number of aliphatic hydroxyl groups is 1. The van der Waals surface area contributed by atoms with E-state index in [2.05, 4.69) is 14.9 Å². The van der Waals surface area contributed by atoms with Crippen LogP contribution in [0.4, 0.5) is 5.69 Å². The number of amides is 2. The Hall–Kier alpha value is -2.90. The van der Waals surface area contributed by atoms with Crippen LogP contribution >= 0.6 is 0 Å². The molecule has 9 heteroatoms. The first-order chi connectivity index (χ1) is 9.54. The molecule has 1 N–H and O–H groups in total. The number of hydrogen-bond donors (Lipinski definition) is 1. The molecule has 0 aromatic heterocycles. The predicted octanol–water partition coefficient (Wildman–Crippen LogP) is 0.820. The first-order valence-corrected chi connectivity index (χ1v) is 5.46. The van der Waals surface area contributed by atoms with Crippen molar-refractivity contribution >= 4 is 23.5 Å². The first-order valence-electron chi connectivity index (χ1n) is 5.46. The maximum atomic E-state index is 11.9. The molecule has 1 aliphatic heterocycles. The highest BCUT2D eigenvalue weighted by atomic mass is 16.7. The van der Waals surface area contributed by atoms with Gasteiger partial charge < -0.3 is 9.94 Å². The highest BCUT2D eigenvalue weighted by Crippen LogP contribution is 2.21. The summed E-state index contributed by atoms with van der Waals surface area (Å²) < 4.78 is 0. The maximum Gasteiger partial charge on any atom is 0.364 e. The number of nitrogens with zero attached hydrogens (tertiary/aromatic N) is 4. The van der Waals surface area contributed by atoms with E-state index in [-0.39, 0.29) is 16.3 Å². The van der Waals surface area contributed by atoms with Crippen LogP contribution < -0.4 is 0 Å². The number of hydrogen-bond acceptors (Lipinski definition) is 6. The molecule has 20 heavy (non-hydrogen) atoms. The fourth-order valence-electron chi connectivity index (χ4n) is 1.60. The lowest BCUT2D eigenvalue weighted by Crippen LogP contribution is -2.34. The largest absolute Gasteiger partial charge is 0.383 e. The van der Waals surface area contributed by atoms with Crippen LogP contribution in [0.15, 0.2) is 29.4 Å². The van der Waals surface area contributed by atoms with Crippen LogP contribution in [-0.4, -0.2) is 34.1 Å². The number of imide groups is 1. The van der Waals surface area contributed by atoms with Gasteiger partial charge in [0.15, 0.2) is 0 Å². The molecule has 9 nitrogen and oxygen atoms in total. The fourth-order valence-corrected chi connectivity index (χ4v) is 1.60. The number of rotatable bonds is 3. The smallest absolute Gasteiger partial charge is 0.364 e. The summed E-state index contributed by atoms with van der Waals surface area (Å²) in [6, 6.07) is 5.72. The number of carbonyl (C=O) groups excluding carboxylic acids is 3. The minimum absolute atomic E-state index is 0.000330. The van der Waals surface area contributed by atoms with Crippen molar-refractivity contribution in [1.29, 1.82) is 0 Å². The van der Waals surface area contributed by atoms with Crippen LogP contribution in [0.3, 0.4) is 0 Å². The number of azide groups is 1. The molecule has 1 heterocycles. The van der Waals surface area contributed by atoms with E-state index in [1.165, 1.54) is 24.3 Å². The van der Waals surface area contributed by atoms with E-state index < -0.39 is 30.3 Å². The summed E-state index contributed by atoms with van der Waals surface area (Å²) in [6.45, 7) is 0. The number of benzene rings is 1. The molecule has 0 saturated carbocycles. The summed E-state index contributed by atoms with van der Waals surface area (Å²) in [4.78, 5) is 41.8. The van der Waals surface area contributed by atoms with Gasteiger partial charge in [-0.3, -0.25) is 9.59 Å². The lowest BCUT2D eigenvalue weighted by Gasteiger charge is -2.13. The Balaban J connectivity index is 2.23. The van der Waals surface area contributed by atoms with E-state index in [9.17, 15) is 19.5 Å². The third-order valence-electron chi connectivity index (χ3n) is 2.53. The highest BCUT2D eigenvalue weighted by molar-refractivity contribution is 6.05. The van der Waals surface area contributed by atoms with Gasteiger partial charge in [0.2, 0.25) is 0 Å². The summed E-state index contributed by atoms with van der Waals surface area (Å²) in [5.74, 6) is -2.87. The van der Waals surface area contributed by atoms with Crippen molar-refractivity contribution in [3.63, 3.8) is 0 Å². The molecule has 2 amide bonds. The molecule has 0 bridgehead atoms. The molecular formula is C11H8N4O5. The normalized spacial score (nSPS) is 17.9. The van der Waals surface area contributed by atoms with Crippen LogP contribution in [0.2, 0.25) is 0 Å². The zero-order valence-electron chi connectivity index (χ0n) is 9.96. The lowest BCUT2D eigenvalue weighted by atomic mass is 10.2. The molecular weight excluding hydrogens is 268 g/mol. The van der Waals surface area contributed by atoms with E-state index >= 15 is 0 Å². The molecule has 1 saturated heterocycles. The summed E-state index contributed by atoms with van der Waals surface area (Å²) in [7, 11) is 0. The van der Waals surface area contributed by atoms with Crippen LogP contribution in [0.5, 0.6) is 0 Å². The van der Waals surface area contributed by atoms with Gasteiger partial charge in [0, 0.05) is 4.91 Å². The number of aliphatic hydroxyl groups excluding tert-OH is 1. The predicted molar refractivity (Wildman–Crippen MR) is 63.1 cm³/mol. The second-order valence-electron chi connectivity index (χ2n) is 3.83. The van der Waals surface area contributed by atoms with Gasteiger partial charge in [-0.25, -0.2) is 4.79 Å². The van der Waals surface area contributed by atoms with Gasteiger partial charge in [0.25, 0.3) is 11.8 Å². The van der Waals surface area contributed by atoms with E-state index in [1.54, 1.807) is 0 Å². The van der Waals surface area contributed by atoms with Crippen molar-refractivity contribution in [2.75, 3.05) is 0 Å². The summed E-state index contributed by atoms with van der Waals surface area (Å²) in [5, 5.41) is 12.7. The van der Waals surface area contributed by atoms with Crippen molar-refractivity contribution in [2.45, 2.75) is 12.5 Å². The van der Waals surface area contributed by atoms with Crippen LogP contribution in [0.25, 0.3) is 10.4 Å². The van der Waals surface area contributed by atoms with E-state index in [0.717, 1.165) is 0 Å². The maximum absolute atomic E-state index is 11.9. The number of hydroxylamine groups is 2. The second-order valence-corrected chi connectivity index (χ2v) is 3.83. The van der Waals surface area contributed by atoms with Gasteiger partial charge in [0.1, 0.15) is 6.10 Å². The summed E-state index contributed by atoms with van der Waals surface area (Å²) >= 11 is 0. The molecule has 1 aromatic carbocycles. The molecule has 0 aliphatic carbocycles. The third kappa shape index (κ3) is 2.44. The summed E-state index contributed by atoms with van der Waals surface area (Å²) in [5.41, 5.74) is 8.28. The van der Waals surface area contributed by atoms with Gasteiger partial charge in [-0.05, 0) is 11.6 Å². The van der Waals surface area contributed by atoms with Crippen LogP contribution in [0, 0.1) is 0 Å². The van der Waals surface area contributed by atoms with Crippen molar-refractivity contribution in [3.8, 4) is 0 Å². The molecule has 1 aliphatic rings. The average Bonchev–Trinajstić information content (AvgIpc) is 2.66. The van der Waals surface area contributed by atoms with E-state index in [0.29, 0.717) is 0 Å². The van der Waals surface area contributed by atoms with E-state index in [4.69, 9.17) is 5.53 Å². The minimum atomic E-state index is -1.51. The molecule has 1 aromatic rings. The molecule has 1 fully saturated rings. The van der Waals surface area contributed by atoms with Crippen LogP contribution in [-0.2, 0) is 14.4 Å². The zero-order chi connectivity index (χ0) is 14.7. The highest BCUT2D eigenvalue weighted by Gasteiger charge is 2.40. The molecule has 102 valence electrons. The third-order valence-corrected chi connectivity index (χ3v) is 2.53. The van der Waals surface area contributed by atoms with Crippen LogP contribution in [0.1, 0.15) is 16.8 Å². The standard InChI is InChI=1S/C11H8N4O5/c12-14-13-7-4-2-1-3-6(7)11(19)20-15-9(17)5-8(16)10(15)18/h1-4,8,16H,5H2. The van der Waals surface area contributed by atoms with Gasteiger partial charge in [0.05, 0.1) is 17.7 Å². The molecule has 1 atom stereocenters. The Bertz CT molecular complexity index is 637. The Labute approximate surface area is 111 Å². The van der Waals surface area contributed by atoms with Gasteiger partial charge >= 0.3 is 5.97 Å². The average molecular weight is 276 g/mol. The van der Waals surface area contributed by atoms with Crippen molar-refractivity contribution in [2.24, 2.45) is 5.11 Å². The van der Waals surface area contributed by atoms with E-state index in [1.807, 2.05) is 0 Å². The topological polar surface area (TPSA) is 133 Å². The summed E-state index contributed by atoms with van der Waals surface area (Å²) in [6.07, 6.45) is -1.95. The lowest BCUT2D eigenvalue weighted by molar-refractivity contribution is -0.175. The first kappa shape index (κ1) is 13.5. The molecule has 1 unspecified atom stereocenters. The molecule has 0 radical (unpaired) electrons. The minimum Gasteiger partial charge on any atom is -0.383 e. The van der Waals surface area contributed by atoms with Crippen molar-refractivity contribution < 1.29 is 24.3 Å². The Morgan fingerprint density at radius 3 is 2.75 bits per heavy atom. The monoisotopic (exact) mass is 276 g/mol. The Morgan fingerprint density at radius 2 is 2.15 bits per heavy atom. The quantitative estimate of drug-likeness (QED) is 0.377. The molecule has 0 spiro atoms. The SMILES string of the molecule is [N-]=[N+]=Nc1ccccc1C(=O)ON1C(=O)CC(O)C1=O. The number of carbonyl (C=O) groups is 3. The zero-order valence-corrected chi connectivity index (χ0v) is 9.96. The second kappa shape index (κ2) is 5.39. The Kier molecular flexibility index (Phi) is 3.65. The van der Waals surface area contributed by atoms with Gasteiger partial charge in [-0.15, -0.1) is 0 Å².